The van der Waals surface area contributed by atoms with Gasteiger partial charge in [0, 0.05) is 6.54 Å². The van der Waals surface area contributed by atoms with Gasteiger partial charge in [-0.2, -0.15) is 0 Å². The van der Waals surface area contributed by atoms with Gasteiger partial charge in [-0.25, -0.2) is 4.39 Å². The molecule has 7 nitrogen and oxygen atoms in total. The number of halogens is 1. The molecule has 0 amide bonds. The number of anilines is 1. The molecule has 4 rings (SSSR count). The molecule has 0 fully saturated rings. The molecule has 0 saturated heterocycles. The topological polar surface area (TPSA) is 99.1 Å². The maximum absolute atomic E-state index is 13.5. The van der Waals surface area contributed by atoms with Crippen molar-refractivity contribution < 1.29 is 28.9 Å². The molecule has 0 unspecified atom stereocenters. The predicted molar refractivity (Wildman–Crippen MR) is 119 cm³/mol. The zero-order valence-electron chi connectivity index (χ0n) is 18.2. The van der Waals surface area contributed by atoms with Crippen LogP contribution in [0.25, 0.3) is 0 Å². The van der Waals surface area contributed by atoms with Crippen molar-refractivity contribution in [3.05, 3.63) is 58.4 Å². The number of hydrogen-bond donors (Lipinski definition) is 3. The van der Waals surface area contributed by atoms with Gasteiger partial charge in [0.05, 0.1) is 25.1 Å². The molecule has 3 N–H and O–H groups in total. The van der Waals surface area contributed by atoms with E-state index >= 15 is 0 Å². The van der Waals surface area contributed by atoms with Crippen molar-refractivity contribution in [3.8, 4) is 5.75 Å². The van der Waals surface area contributed by atoms with E-state index < -0.39 is 11.9 Å². The Kier molecular flexibility index (Phi) is 8.05. The van der Waals surface area contributed by atoms with Crippen molar-refractivity contribution in [3.63, 3.8) is 0 Å². The first-order chi connectivity index (χ1) is 15.3. The molecular weight excluding hydrogens is 415 g/mol. The van der Waals surface area contributed by atoms with E-state index in [1.54, 1.807) is 12.1 Å². The van der Waals surface area contributed by atoms with Crippen LogP contribution in [0.4, 0.5) is 10.1 Å². The molecular formula is C24H29FN2O5. The molecule has 2 aliphatic rings. The molecule has 8 heteroatoms. The molecule has 0 spiro atoms. The Morgan fingerprint density at radius 1 is 1.12 bits per heavy atom. The molecule has 2 heterocycles. The summed E-state index contributed by atoms with van der Waals surface area (Å²) in [5.41, 5.74) is 6.37. The quantitative estimate of drug-likeness (QED) is 0.652. The average Bonchev–Trinajstić information content (AvgIpc) is 2.99. The summed E-state index contributed by atoms with van der Waals surface area (Å²) in [5, 5.41) is 19.3. The summed E-state index contributed by atoms with van der Waals surface area (Å²) in [6.07, 6.45) is 1.52. The number of carbonyl (C=O) groups is 2. The zero-order valence-corrected chi connectivity index (χ0v) is 18.2. The molecule has 32 heavy (non-hydrogen) atoms. The second kappa shape index (κ2) is 10.9. The van der Waals surface area contributed by atoms with Crippen molar-refractivity contribution in [1.82, 2.24) is 5.32 Å². The summed E-state index contributed by atoms with van der Waals surface area (Å²) in [4.78, 5) is 21.6. The Morgan fingerprint density at radius 3 is 2.53 bits per heavy atom. The van der Waals surface area contributed by atoms with E-state index in [1.807, 2.05) is 6.07 Å². The molecule has 2 aliphatic heterocycles. The number of benzene rings is 2. The van der Waals surface area contributed by atoms with Crippen LogP contribution in [0, 0.1) is 12.7 Å². The first-order valence-electron chi connectivity index (χ1n) is 10.8. The third-order valence-electron chi connectivity index (χ3n) is 5.61. The normalized spacial score (nSPS) is 14.8. The lowest BCUT2D eigenvalue weighted by atomic mass is 9.94. The Balaban J connectivity index is 0.000000312. The van der Waals surface area contributed by atoms with Crippen LogP contribution in [0.5, 0.6) is 5.75 Å². The maximum Gasteiger partial charge on any atom is 0.303 e. The van der Waals surface area contributed by atoms with Crippen LogP contribution in [0.3, 0.4) is 0 Å². The number of aliphatic carboxylic acids is 2. The Bertz CT molecular complexity index is 965. The Morgan fingerprint density at radius 2 is 1.84 bits per heavy atom. The fraction of sp³-hybridized carbons (Fsp3) is 0.417. The van der Waals surface area contributed by atoms with Crippen molar-refractivity contribution in [2.75, 3.05) is 31.1 Å². The summed E-state index contributed by atoms with van der Waals surface area (Å²) in [6.45, 7) is 6.48. The first kappa shape index (κ1) is 23.5. The minimum absolute atomic E-state index is 0.175. The van der Waals surface area contributed by atoms with E-state index in [4.69, 9.17) is 14.9 Å². The minimum atomic E-state index is -1.08. The zero-order chi connectivity index (χ0) is 23.1. The third kappa shape index (κ3) is 6.20. The van der Waals surface area contributed by atoms with Crippen LogP contribution in [0.15, 0.2) is 30.3 Å². The number of carboxylic acids is 2. The molecule has 0 bridgehead atoms. The number of carboxylic acid groups (broad SMARTS) is 2. The highest BCUT2D eigenvalue weighted by atomic mass is 19.1. The highest BCUT2D eigenvalue weighted by Crippen LogP contribution is 2.40. The summed E-state index contributed by atoms with van der Waals surface area (Å²) >= 11 is 0. The molecule has 0 atom stereocenters. The second-order valence-electron chi connectivity index (χ2n) is 7.92. The first-order valence-corrected chi connectivity index (χ1v) is 10.8. The predicted octanol–water partition coefficient (Wildman–Crippen LogP) is 3.16. The van der Waals surface area contributed by atoms with Crippen LogP contribution >= 0.6 is 0 Å². The smallest absolute Gasteiger partial charge is 0.303 e. The number of fused-ring (bicyclic) bond motifs is 2. The van der Waals surface area contributed by atoms with Crippen LogP contribution < -0.4 is 15.0 Å². The van der Waals surface area contributed by atoms with Crippen LogP contribution in [-0.2, 0) is 29.0 Å². The minimum Gasteiger partial charge on any atom is -0.490 e. The Hall–Kier alpha value is -3.13. The van der Waals surface area contributed by atoms with Crippen molar-refractivity contribution in [2.24, 2.45) is 0 Å². The van der Waals surface area contributed by atoms with Gasteiger partial charge in [0.2, 0.25) is 0 Å². The molecule has 0 saturated carbocycles. The summed E-state index contributed by atoms with van der Waals surface area (Å²) < 4.78 is 19.5. The highest BCUT2D eigenvalue weighted by molar-refractivity contribution is 5.75. The van der Waals surface area contributed by atoms with E-state index in [-0.39, 0.29) is 18.7 Å². The average molecular weight is 445 g/mol. The van der Waals surface area contributed by atoms with Gasteiger partial charge < -0.3 is 25.2 Å². The number of hydrogen-bond acceptors (Lipinski definition) is 5. The number of ether oxygens (including phenoxy) is 1. The lowest BCUT2D eigenvalue weighted by molar-refractivity contribution is -0.143. The molecule has 2 aromatic rings. The van der Waals surface area contributed by atoms with Crippen LogP contribution in [-0.4, -0.2) is 48.4 Å². The van der Waals surface area contributed by atoms with E-state index in [9.17, 15) is 14.0 Å². The second-order valence-corrected chi connectivity index (χ2v) is 7.92. The van der Waals surface area contributed by atoms with Crippen molar-refractivity contribution in [1.29, 1.82) is 0 Å². The monoisotopic (exact) mass is 444 g/mol. The largest absolute Gasteiger partial charge is 0.490 e. The van der Waals surface area contributed by atoms with Gasteiger partial charge in [-0.15, -0.1) is 0 Å². The van der Waals surface area contributed by atoms with E-state index in [2.05, 4.69) is 23.2 Å². The Labute approximate surface area is 186 Å². The standard InChI is InChI=1S/C20H23FN2O.C4H6O4/c1-14-18-6-8-22-7-5-16(18)12-19-20(14)23(9-10-24-19)13-15-3-2-4-17(21)11-15;5-3(6)1-2-4(7)8/h2-4,11-12,22H,5-10,13H2,1H3;1-2H2,(H,5,6)(H,7,8). The van der Waals surface area contributed by atoms with Gasteiger partial charge in [0.25, 0.3) is 0 Å². The van der Waals surface area contributed by atoms with Gasteiger partial charge >= 0.3 is 11.9 Å². The maximum atomic E-state index is 13.5. The molecule has 0 aromatic heterocycles. The SMILES string of the molecule is Cc1c2c(cc3c1N(Cc1cccc(F)c1)CCO3)CCNCC2.O=C(O)CCC(=O)O. The fourth-order valence-corrected chi connectivity index (χ4v) is 4.12. The van der Waals surface area contributed by atoms with E-state index in [0.717, 1.165) is 43.8 Å². The number of nitrogens with one attached hydrogen (secondary N) is 1. The molecule has 0 radical (unpaired) electrons. The summed E-state index contributed by atoms with van der Waals surface area (Å²) in [7, 11) is 0. The lowest BCUT2D eigenvalue weighted by Gasteiger charge is -2.34. The van der Waals surface area contributed by atoms with E-state index in [1.165, 1.54) is 28.4 Å². The summed E-state index contributed by atoms with van der Waals surface area (Å²) in [6, 6.07) is 9.11. The molecule has 172 valence electrons. The van der Waals surface area contributed by atoms with Gasteiger partial charge in [-0.1, -0.05) is 12.1 Å². The van der Waals surface area contributed by atoms with Gasteiger partial charge in [-0.05, 0) is 73.3 Å². The number of rotatable bonds is 5. The van der Waals surface area contributed by atoms with E-state index in [0.29, 0.717) is 13.2 Å². The van der Waals surface area contributed by atoms with Crippen molar-refractivity contribution in [2.45, 2.75) is 39.2 Å². The van der Waals surface area contributed by atoms with Crippen molar-refractivity contribution >= 4 is 17.6 Å². The van der Waals surface area contributed by atoms with Gasteiger partial charge in [0.15, 0.2) is 0 Å². The van der Waals surface area contributed by atoms with Crippen LogP contribution in [0.2, 0.25) is 0 Å². The third-order valence-corrected chi connectivity index (χ3v) is 5.61. The highest BCUT2D eigenvalue weighted by Gasteiger charge is 2.25. The van der Waals surface area contributed by atoms with Crippen LogP contribution in [0.1, 0.15) is 35.1 Å². The molecule has 0 aliphatic carbocycles. The fourth-order valence-electron chi connectivity index (χ4n) is 4.12. The lowest BCUT2D eigenvalue weighted by Crippen LogP contribution is -2.33. The molecule has 2 aromatic carbocycles. The summed E-state index contributed by atoms with van der Waals surface area (Å²) in [5.74, 6) is -1.35. The van der Waals surface area contributed by atoms with Gasteiger partial charge in [0.1, 0.15) is 18.2 Å². The van der Waals surface area contributed by atoms with Gasteiger partial charge in [-0.3, -0.25) is 9.59 Å². The number of nitrogens with zero attached hydrogens (tertiary/aromatic N) is 1.